The number of rotatable bonds is 5. The van der Waals surface area contributed by atoms with Gasteiger partial charge >= 0.3 is 0 Å². The third kappa shape index (κ3) is 6.04. The van der Waals surface area contributed by atoms with Gasteiger partial charge in [0, 0.05) is 6.54 Å². The van der Waals surface area contributed by atoms with Crippen molar-refractivity contribution in [3.05, 3.63) is 51.4 Å². The molecule has 132 valence electrons. The number of benzene rings is 1. The molecule has 1 aromatic carbocycles. The lowest BCUT2D eigenvalue weighted by Crippen LogP contribution is -2.36. The Balaban J connectivity index is 0.00000288. The van der Waals surface area contributed by atoms with Crippen LogP contribution < -0.4 is 10.6 Å². The van der Waals surface area contributed by atoms with Gasteiger partial charge in [-0.1, -0.05) is 6.07 Å². The van der Waals surface area contributed by atoms with E-state index in [1.165, 1.54) is 6.07 Å². The Labute approximate surface area is 166 Å². The van der Waals surface area contributed by atoms with Crippen LogP contribution in [0, 0.1) is 19.7 Å². The average molecular weight is 511 g/mol. The predicted molar refractivity (Wildman–Crippen MR) is 107 cm³/mol. The first-order valence-electron chi connectivity index (χ1n) is 7.38. The van der Waals surface area contributed by atoms with E-state index in [4.69, 9.17) is 4.42 Å². The van der Waals surface area contributed by atoms with Crippen LogP contribution in [0.2, 0.25) is 0 Å². The highest BCUT2D eigenvalue weighted by Gasteiger charge is 2.06. The van der Waals surface area contributed by atoms with Crippen LogP contribution >= 0.6 is 39.9 Å². The third-order valence-electron chi connectivity index (χ3n) is 3.23. The molecule has 0 radical (unpaired) electrons. The summed E-state index contributed by atoms with van der Waals surface area (Å²) < 4.78 is 19.5. The van der Waals surface area contributed by atoms with Gasteiger partial charge in [-0.3, -0.25) is 0 Å². The summed E-state index contributed by atoms with van der Waals surface area (Å²) >= 11 is 3.14. The first-order chi connectivity index (χ1) is 11.0. The van der Waals surface area contributed by atoms with E-state index in [9.17, 15) is 4.39 Å². The molecule has 8 heteroatoms. The molecule has 0 saturated carbocycles. The number of nitrogens with zero attached hydrogens (tertiary/aromatic N) is 2. The van der Waals surface area contributed by atoms with Crippen LogP contribution in [-0.2, 0) is 13.1 Å². The van der Waals surface area contributed by atoms with E-state index in [1.807, 2.05) is 26.8 Å². The van der Waals surface area contributed by atoms with Gasteiger partial charge in [0.2, 0.25) is 5.89 Å². The second kappa shape index (κ2) is 9.97. The molecule has 0 amide bonds. The molecule has 0 spiro atoms. The molecule has 1 heterocycles. The number of hydrogen-bond donors (Lipinski definition) is 2. The zero-order valence-corrected chi connectivity index (χ0v) is 17.7. The van der Waals surface area contributed by atoms with E-state index in [-0.39, 0.29) is 29.8 Å². The molecule has 24 heavy (non-hydrogen) atoms. The Hall–Kier alpha value is -1.16. The van der Waals surface area contributed by atoms with Crippen LogP contribution in [0.3, 0.4) is 0 Å². The van der Waals surface area contributed by atoms with Crippen LogP contribution in [0.4, 0.5) is 4.39 Å². The zero-order valence-electron chi connectivity index (χ0n) is 13.8. The van der Waals surface area contributed by atoms with Gasteiger partial charge in [-0.25, -0.2) is 14.4 Å². The van der Waals surface area contributed by atoms with Crippen molar-refractivity contribution in [1.82, 2.24) is 15.6 Å². The van der Waals surface area contributed by atoms with Crippen LogP contribution in [0.5, 0.6) is 0 Å². The largest absolute Gasteiger partial charge is 0.444 e. The van der Waals surface area contributed by atoms with Gasteiger partial charge < -0.3 is 15.1 Å². The Kier molecular flexibility index (Phi) is 8.68. The highest BCUT2D eigenvalue weighted by molar-refractivity contribution is 14.0. The lowest BCUT2D eigenvalue weighted by molar-refractivity contribution is 0.463. The second-order valence-corrected chi connectivity index (χ2v) is 5.90. The Morgan fingerprint density at radius 3 is 2.67 bits per heavy atom. The van der Waals surface area contributed by atoms with Crippen molar-refractivity contribution in [2.24, 2.45) is 4.99 Å². The first-order valence-corrected chi connectivity index (χ1v) is 8.18. The first kappa shape index (κ1) is 20.9. The minimum atomic E-state index is -0.290. The fourth-order valence-electron chi connectivity index (χ4n) is 1.92. The molecular weight excluding hydrogens is 490 g/mol. The van der Waals surface area contributed by atoms with E-state index in [1.54, 1.807) is 6.07 Å². The number of nitrogens with one attached hydrogen (secondary N) is 2. The summed E-state index contributed by atoms with van der Waals surface area (Å²) in [4.78, 5) is 8.76. The molecule has 5 nitrogen and oxygen atoms in total. The topological polar surface area (TPSA) is 62.5 Å². The highest BCUT2D eigenvalue weighted by Crippen LogP contribution is 2.16. The number of aromatic nitrogens is 1. The van der Waals surface area contributed by atoms with Gasteiger partial charge in [0.05, 0.1) is 23.3 Å². The molecule has 0 aliphatic rings. The van der Waals surface area contributed by atoms with Crippen molar-refractivity contribution in [2.75, 3.05) is 6.54 Å². The number of aliphatic imine (C=N–C) groups is 1. The lowest BCUT2D eigenvalue weighted by Gasteiger charge is -2.10. The minimum Gasteiger partial charge on any atom is -0.444 e. The van der Waals surface area contributed by atoms with Gasteiger partial charge in [0.1, 0.15) is 11.6 Å². The van der Waals surface area contributed by atoms with Gasteiger partial charge in [-0.2, -0.15) is 0 Å². The Bertz CT molecular complexity index is 686. The van der Waals surface area contributed by atoms with Crippen molar-refractivity contribution in [1.29, 1.82) is 0 Å². The van der Waals surface area contributed by atoms with Crippen LogP contribution in [0.15, 0.2) is 32.1 Å². The molecule has 0 unspecified atom stereocenters. The summed E-state index contributed by atoms with van der Waals surface area (Å²) in [6.07, 6.45) is 0. The SMILES string of the molecule is CCNC(=NCc1ccc(Br)c(F)c1)NCc1nc(C)c(C)o1.I. The Morgan fingerprint density at radius 1 is 1.33 bits per heavy atom. The molecule has 0 atom stereocenters. The van der Waals surface area contributed by atoms with E-state index in [2.05, 4.69) is 36.5 Å². The van der Waals surface area contributed by atoms with Crippen LogP contribution in [-0.4, -0.2) is 17.5 Å². The summed E-state index contributed by atoms with van der Waals surface area (Å²) in [6, 6.07) is 4.98. The zero-order chi connectivity index (χ0) is 16.8. The number of aryl methyl sites for hydroxylation is 2. The summed E-state index contributed by atoms with van der Waals surface area (Å²) in [5, 5.41) is 6.29. The van der Waals surface area contributed by atoms with E-state index < -0.39 is 0 Å². The van der Waals surface area contributed by atoms with Gasteiger partial charge in [-0.05, 0) is 54.4 Å². The standard InChI is InChI=1S/C16H20BrFN4O.HI/c1-4-19-16(21-9-15-22-10(2)11(3)23-15)20-8-12-5-6-13(17)14(18)7-12;/h5-7H,4,8-9H2,1-3H3,(H2,19,20,21);1H. The highest BCUT2D eigenvalue weighted by atomic mass is 127. The number of hydrogen-bond acceptors (Lipinski definition) is 3. The number of guanidine groups is 1. The summed E-state index contributed by atoms with van der Waals surface area (Å²) in [6.45, 7) is 7.31. The maximum Gasteiger partial charge on any atom is 0.214 e. The van der Waals surface area contributed by atoms with Crippen molar-refractivity contribution in [2.45, 2.75) is 33.9 Å². The molecule has 2 N–H and O–H groups in total. The third-order valence-corrected chi connectivity index (χ3v) is 3.87. The van der Waals surface area contributed by atoms with Crippen molar-refractivity contribution >= 4 is 45.9 Å². The second-order valence-electron chi connectivity index (χ2n) is 5.05. The van der Waals surface area contributed by atoms with Crippen molar-refractivity contribution in [3.8, 4) is 0 Å². The normalized spacial score (nSPS) is 11.1. The lowest BCUT2D eigenvalue weighted by atomic mass is 10.2. The fraction of sp³-hybridized carbons (Fsp3) is 0.375. The average Bonchev–Trinajstić information content (AvgIpc) is 2.84. The van der Waals surface area contributed by atoms with Gasteiger partial charge in [0.15, 0.2) is 5.96 Å². The molecule has 0 aliphatic carbocycles. The van der Waals surface area contributed by atoms with Gasteiger partial charge in [0.25, 0.3) is 0 Å². The maximum absolute atomic E-state index is 13.5. The molecule has 2 aromatic rings. The van der Waals surface area contributed by atoms with E-state index in [0.29, 0.717) is 29.4 Å². The molecule has 0 bridgehead atoms. The molecule has 0 saturated heterocycles. The quantitative estimate of drug-likeness (QED) is 0.361. The van der Waals surface area contributed by atoms with Crippen molar-refractivity contribution < 1.29 is 8.81 Å². The van der Waals surface area contributed by atoms with Crippen LogP contribution in [0.1, 0.15) is 29.8 Å². The molecule has 0 fully saturated rings. The summed E-state index contributed by atoms with van der Waals surface area (Å²) in [5.74, 6) is 1.76. The summed E-state index contributed by atoms with van der Waals surface area (Å²) in [7, 11) is 0. The number of oxazole rings is 1. The Morgan fingerprint density at radius 2 is 2.08 bits per heavy atom. The molecule has 0 aliphatic heterocycles. The predicted octanol–water partition coefficient (Wildman–Crippen LogP) is 4.07. The smallest absolute Gasteiger partial charge is 0.214 e. The molecule has 2 rings (SSSR count). The van der Waals surface area contributed by atoms with E-state index in [0.717, 1.165) is 23.6 Å². The molecular formula is C16H21BrFIN4O. The molecule has 1 aromatic heterocycles. The summed E-state index contributed by atoms with van der Waals surface area (Å²) in [5.41, 5.74) is 1.68. The van der Waals surface area contributed by atoms with Crippen molar-refractivity contribution in [3.63, 3.8) is 0 Å². The van der Waals surface area contributed by atoms with E-state index >= 15 is 0 Å². The fourth-order valence-corrected chi connectivity index (χ4v) is 2.17. The van der Waals surface area contributed by atoms with Gasteiger partial charge in [-0.15, -0.1) is 24.0 Å². The maximum atomic E-state index is 13.5. The number of halogens is 3. The minimum absolute atomic E-state index is 0. The van der Waals surface area contributed by atoms with Crippen LogP contribution in [0.25, 0.3) is 0 Å². The monoisotopic (exact) mass is 510 g/mol.